The third-order valence-corrected chi connectivity index (χ3v) is 12.6. The molecule has 13 aromatic rings. The summed E-state index contributed by atoms with van der Waals surface area (Å²) >= 11 is 0. The normalized spacial score (nSPS) is 11.8. The number of aromatic nitrogens is 4. The minimum absolute atomic E-state index is 0.811. The summed E-state index contributed by atoms with van der Waals surface area (Å²) in [5.41, 5.74) is 17.9. The van der Waals surface area contributed by atoms with E-state index in [-0.39, 0.29) is 0 Å². The topological polar surface area (TPSA) is 48.8 Å². The second kappa shape index (κ2) is 14.0. The molecule has 0 atom stereocenters. The predicted octanol–water partition coefficient (Wildman–Crippen LogP) is 15.2. The molecule has 0 fully saturated rings. The first-order valence-electron chi connectivity index (χ1n) is 21.3. The Kier molecular flexibility index (Phi) is 7.84. The number of rotatable bonds is 6. The molecule has 0 unspecified atom stereocenters. The van der Waals surface area contributed by atoms with Crippen molar-refractivity contribution in [2.24, 2.45) is 0 Å². The van der Waals surface area contributed by atoms with Crippen molar-refractivity contribution in [2.75, 3.05) is 0 Å². The maximum absolute atomic E-state index is 6.34. The fraction of sp³-hybridized carbons (Fsp3) is 0. The Morgan fingerprint density at radius 3 is 1.44 bits per heavy atom. The molecule has 0 aliphatic rings. The molecule has 0 aliphatic carbocycles. The highest BCUT2D eigenvalue weighted by Crippen LogP contribution is 2.40. The lowest BCUT2D eigenvalue weighted by atomic mass is 10.0. The molecule has 0 aliphatic heterocycles. The Hall–Kier alpha value is -8.54. The highest BCUT2D eigenvalue weighted by atomic mass is 16.3. The molecule has 294 valence electrons. The van der Waals surface area contributed by atoms with Gasteiger partial charge in [0.15, 0.2) is 5.58 Å². The van der Waals surface area contributed by atoms with E-state index in [1.54, 1.807) is 0 Å². The van der Waals surface area contributed by atoms with E-state index in [2.05, 4.69) is 202 Å². The van der Waals surface area contributed by atoms with Gasteiger partial charge in [-0.15, -0.1) is 0 Å². The van der Waals surface area contributed by atoms with E-state index in [0.29, 0.717) is 0 Å². The summed E-state index contributed by atoms with van der Waals surface area (Å²) in [6.45, 7) is 0. The van der Waals surface area contributed by atoms with Gasteiger partial charge in [0.25, 0.3) is 0 Å². The van der Waals surface area contributed by atoms with Crippen LogP contribution in [0.5, 0.6) is 0 Å². The van der Waals surface area contributed by atoms with Gasteiger partial charge in [-0.1, -0.05) is 133 Å². The maximum atomic E-state index is 6.34. The third-order valence-electron chi connectivity index (χ3n) is 12.6. The van der Waals surface area contributed by atoms with E-state index in [1.165, 1.54) is 38.2 Å². The fourth-order valence-corrected chi connectivity index (χ4v) is 9.64. The van der Waals surface area contributed by atoms with Crippen molar-refractivity contribution in [1.29, 1.82) is 0 Å². The van der Waals surface area contributed by atoms with Crippen LogP contribution in [0.4, 0.5) is 0 Å². The van der Waals surface area contributed by atoms with Crippen LogP contribution in [0.3, 0.4) is 0 Å². The summed E-state index contributed by atoms with van der Waals surface area (Å²) in [4.78, 5) is 9.85. The number of benzene rings is 8. The van der Waals surface area contributed by atoms with Gasteiger partial charge in [-0.05, 0) is 95.6 Å². The van der Waals surface area contributed by atoms with Crippen molar-refractivity contribution in [2.45, 2.75) is 0 Å². The van der Waals surface area contributed by atoms with Crippen LogP contribution in [-0.2, 0) is 0 Å². The Morgan fingerprint density at radius 2 is 0.841 bits per heavy atom. The van der Waals surface area contributed by atoms with Gasteiger partial charge in [0, 0.05) is 55.5 Å². The Balaban J connectivity index is 0.925. The van der Waals surface area contributed by atoms with Crippen LogP contribution in [0, 0.1) is 0 Å². The summed E-state index contributed by atoms with van der Waals surface area (Å²) < 4.78 is 11.1. The molecular weight excluding hydrogens is 769 g/mol. The van der Waals surface area contributed by atoms with E-state index in [1.807, 2.05) is 30.5 Å². The minimum Gasteiger partial charge on any atom is -0.454 e. The van der Waals surface area contributed by atoms with Crippen molar-refractivity contribution in [3.63, 3.8) is 0 Å². The molecule has 5 nitrogen and oxygen atoms in total. The highest BCUT2D eigenvalue weighted by Gasteiger charge is 2.19. The molecule has 0 radical (unpaired) electrons. The average molecular weight is 805 g/mol. The van der Waals surface area contributed by atoms with Gasteiger partial charge in [0.05, 0.1) is 39.1 Å². The molecular formula is C58H36N4O. The lowest BCUT2D eigenvalue weighted by molar-refractivity contribution is 0.669. The van der Waals surface area contributed by atoms with Crippen molar-refractivity contribution < 1.29 is 4.42 Å². The van der Waals surface area contributed by atoms with Crippen molar-refractivity contribution in [3.8, 4) is 56.1 Å². The molecule has 0 saturated carbocycles. The zero-order valence-electron chi connectivity index (χ0n) is 34.0. The summed E-state index contributed by atoms with van der Waals surface area (Å²) in [5, 5.41) is 5.88. The zero-order chi connectivity index (χ0) is 41.4. The summed E-state index contributed by atoms with van der Waals surface area (Å²) in [7, 11) is 0. The first-order valence-corrected chi connectivity index (χ1v) is 21.3. The van der Waals surface area contributed by atoms with Crippen molar-refractivity contribution >= 4 is 65.7 Å². The summed E-state index contributed by atoms with van der Waals surface area (Å²) in [6.07, 6.45) is 1.87. The van der Waals surface area contributed by atoms with E-state index >= 15 is 0 Å². The molecule has 63 heavy (non-hydrogen) atoms. The molecule has 0 bridgehead atoms. The molecule has 5 heteroatoms. The standard InChI is InChI=1S/C58H36N4O/c1-3-13-38(14-4-1)50-35-43(36-51(60-50)39-15-5-2-6-16-39)62-53-21-11-8-18-46(53)49-34-41(26-30-55(49)62)40-25-29-54-48(33-40)45-17-7-10-20-52(45)61(54)42-27-23-37(24-28-42)44-31-32-59-57-47-19-9-12-22-56(47)63-58(44)57/h1-36H. The number of furan rings is 1. The van der Waals surface area contributed by atoms with Crippen LogP contribution in [0.1, 0.15) is 0 Å². The molecule has 5 aromatic heterocycles. The summed E-state index contributed by atoms with van der Waals surface area (Å²) in [6, 6.07) is 75.6. The number of hydrogen-bond donors (Lipinski definition) is 0. The second-order valence-electron chi connectivity index (χ2n) is 16.2. The maximum Gasteiger partial charge on any atom is 0.161 e. The van der Waals surface area contributed by atoms with Crippen LogP contribution in [0.15, 0.2) is 223 Å². The largest absolute Gasteiger partial charge is 0.454 e. The number of hydrogen-bond acceptors (Lipinski definition) is 3. The van der Waals surface area contributed by atoms with Gasteiger partial charge < -0.3 is 13.6 Å². The number of nitrogens with zero attached hydrogens (tertiary/aromatic N) is 4. The molecule has 5 heterocycles. The molecule has 0 amide bonds. The summed E-state index contributed by atoms with van der Waals surface area (Å²) in [5.74, 6) is 0. The van der Waals surface area contributed by atoms with Crippen LogP contribution in [-0.4, -0.2) is 19.1 Å². The first kappa shape index (κ1) is 35.2. The fourth-order valence-electron chi connectivity index (χ4n) is 9.64. The van der Waals surface area contributed by atoms with Crippen molar-refractivity contribution in [1.82, 2.24) is 19.1 Å². The molecule has 8 aromatic carbocycles. The lowest BCUT2D eigenvalue weighted by Crippen LogP contribution is -1.98. The Bertz CT molecular complexity index is 3840. The third kappa shape index (κ3) is 5.64. The van der Waals surface area contributed by atoms with Crippen LogP contribution >= 0.6 is 0 Å². The molecule has 13 rings (SSSR count). The predicted molar refractivity (Wildman–Crippen MR) is 260 cm³/mol. The monoisotopic (exact) mass is 804 g/mol. The molecule has 0 saturated heterocycles. The zero-order valence-corrected chi connectivity index (χ0v) is 34.0. The van der Waals surface area contributed by atoms with Gasteiger partial charge >= 0.3 is 0 Å². The van der Waals surface area contributed by atoms with Gasteiger partial charge in [-0.25, -0.2) is 4.98 Å². The smallest absolute Gasteiger partial charge is 0.161 e. The number of para-hydroxylation sites is 3. The van der Waals surface area contributed by atoms with Crippen molar-refractivity contribution in [3.05, 3.63) is 219 Å². The van der Waals surface area contributed by atoms with E-state index in [9.17, 15) is 0 Å². The highest BCUT2D eigenvalue weighted by molar-refractivity contribution is 6.13. The van der Waals surface area contributed by atoms with Gasteiger partial charge in [0.2, 0.25) is 0 Å². The van der Waals surface area contributed by atoms with Gasteiger partial charge in [0.1, 0.15) is 11.1 Å². The molecule has 0 spiro atoms. The van der Waals surface area contributed by atoms with Gasteiger partial charge in [-0.3, -0.25) is 4.98 Å². The molecule has 0 N–H and O–H groups in total. The quantitative estimate of drug-likeness (QED) is 0.168. The van der Waals surface area contributed by atoms with Crippen LogP contribution < -0.4 is 0 Å². The first-order chi connectivity index (χ1) is 31.2. The SMILES string of the molecule is c1ccc(-c2cc(-n3c4ccccc4c4cc(-c5ccc6c(c5)c5ccccc5n6-c5ccc(-c6ccnc7c6oc6ccccc67)cc5)ccc43)cc(-c3ccccc3)n2)cc1. The number of pyridine rings is 2. The van der Waals surface area contributed by atoms with E-state index in [4.69, 9.17) is 9.40 Å². The Morgan fingerprint density at radius 1 is 0.349 bits per heavy atom. The number of fused-ring (bicyclic) bond motifs is 9. The van der Waals surface area contributed by atoms with Crippen LogP contribution in [0.25, 0.3) is 122 Å². The average Bonchev–Trinajstić information content (AvgIpc) is 4.02. The van der Waals surface area contributed by atoms with Crippen LogP contribution in [0.2, 0.25) is 0 Å². The Labute approximate surface area is 362 Å². The van der Waals surface area contributed by atoms with E-state index < -0.39 is 0 Å². The van der Waals surface area contributed by atoms with Gasteiger partial charge in [-0.2, -0.15) is 0 Å². The van der Waals surface area contributed by atoms with E-state index in [0.717, 1.165) is 83.6 Å². The second-order valence-corrected chi connectivity index (χ2v) is 16.2. The lowest BCUT2D eigenvalue weighted by Gasteiger charge is -2.13. The minimum atomic E-state index is 0.811.